The lowest BCUT2D eigenvalue weighted by molar-refractivity contribution is 0.302. The Morgan fingerprint density at radius 2 is 2.36 bits per heavy atom. The van der Waals surface area contributed by atoms with Gasteiger partial charge >= 0.3 is 0 Å². The van der Waals surface area contributed by atoms with E-state index in [0.29, 0.717) is 6.54 Å². The van der Waals surface area contributed by atoms with Crippen molar-refractivity contribution in [2.75, 3.05) is 6.61 Å². The molecular weight excluding hydrogens is 176 g/mol. The minimum absolute atomic E-state index is 0.472. The Bertz CT molecular complexity index is 297. The van der Waals surface area contributed by atoms with Crippen LogP contribution in [-0.4, -0.2) is 11.6 Å². The van der Waals surface area contributed by atoms with Gasteiger partial charge in [-0.2, -0.15) is 0 Å². The van der Waals surface area contributed by atoms with Crippen molar-refractivity contribution < 1.29 is 4.74 Å². The van der Waals surface area contributed by atoms with Crippen LogP contribution in [0.2, 0.25) is 0 Å². The zero-order chi connectivity index (χ0) is 9.80. The van der Waals surface area contributed by atoms with E-state index in [-0.39, 0.29) is 0 Å². The summed E-state index contributed by atoms with van der Waals surface area (Å²) in [6.07, 6.45) is 5.69. The van der Waals surface area contributed by atoms with Gasteiger partial charge in [-0.15, -0.1) is 0 Å². The molecule has 3 nitrogen and oxygen atoms in total. The summed E-state index contributed by atoms with van der Waals surface area (Å²) in [5, 5.41) is 0. The Morgan fingerprint density at radius 3 is 3.07 bits per heavy atom. The third-order valence-electron chi connectivity index (χ3n) is 2.49. The average Bonchev–Trinajstić information content (AvgIpc) is 3.02. The van der Waals surface area contributed by atoms with Crippen LogP contribution in [0.3, 0.4) is 0 Å². The summed E-state index contributed by atoms with van der Waals surface area (Å²) in [7, 11) is 0. The fourth-order valence-electron chi connectivity index (χ4n) is 1.41. The number of pyridine rings is 1. The molecule has 0 bridgehead atoms. The molecule has 1 aromatic heterocycles. The molecule has 0 spiro atoms. The van der Waals surface area contributed by atoms with Crippen molar-refractivity contribution >= 4 is 0 Å². The molecule has 2 rings (SSSR count). The molecule has 3 heteroatoms. The van der Waals surface area contributed by atoms with E-state index < -0.39 is 0 Å². The van der Waals surface area contributed by atoms with E-state index in [0.717, 1.165) is 24.0 Å². The first kappa shape index (κ1) is 9.46. The fourth-order valence-corrected chi connectivity index (χ4v) is 1.41. The second-order valence-corrected chi connectivity index (χ2v) is 3.77. The number of hydrogen-bond acceptors (Lipinski definition) is 3. The molecule has 1 aliphatic rings. The van der Waals surface area contributed by atoms with E-state index in [1.165, 1.54) is 19.3 Å². The van der Waals surface area contributed by atoms with Gasteiger partial charge in [0.15, 0.2) is 0 Å². The third kappa shape index (κ3) is 2.70. The predicted molar refractivity (Wildman–Crippen MR) is 55.0 cm³/mol. The number of rotatable bonds is 5. The quantitative estimate of drug-likeness (QED) is 0.772. The van der Waals surface area contributed by atoms with E-state index in [4.69, 9.17) is 10.5 Å². The summed E-state index contributed by atoms with van der Waals surface area (Å²) in [5.74, 6) is 1.81. The van der Waals surface area contributed by atoms with Crippen LogP contribution in [0.4, 0.5) is 0 Å². The van der Waals surface area contributed by atoms with Crippen molar-refractivity contribution in [3.63, 3.8) is 0 Å². The molecule has 0 aliphatic heterocycles. The van der Waals surface area contributed by atoms with Gasteiger partial charge < -0.3 is 10.5 Å². The van der Waals surface area contributed by atoms with Gasteiger partial charge in [-0.3, -0.25) is 4.98 Å². The van der Waals surface area contributed by atoms with Crippen LogP contribution in [0.5, 0.6) is 5.75 Å². The van der Waals surface area contributed by atoms with Gasteiger partial charge in [0, 0.05) is 18.8 Å². The second-order valence-electron chi connectivity index (χ2n) is 3.77. The maximum atomic E-state index is 5.60. The van der Waals surface area contributed by atoms with Crippen LogP contribution in [0.1, 0.15) is 25.0 Å². The van der Waals surface area contributed by atoms with Gasteiger partial charge in [-0.05, 0) is 18.4 Å². The molecule has 1 fully saturated rings. The first-order valence-corrected chi connectivity index (χ1v) is 5.16. The van der Waals surface area contributed by atoms with E-state index in [1.54, 1.807) is 6.20 Å². The van der Waals surface area contributed by atoms with Crippen LogP contribution in [0.25, 0.3) is 0 Å². The molecule has 0 amide bonds. The lowest BCUT2D eigenvalue weighted by Crippen LogP contribution is -2.02. The number of ether oxygens (including phenoxy) is 1. The fraction of sp³-hybridized carbons (Fsp3) is 0.545. The minimum atomic E-state index is 0.472. The van der Waals surface area contributed by atoms with Gasteiger partial charge in [0.05, 0.1) is 12.3 Å². The van der Waals surface area contributed by atoms with Crippen LogP contribution >= 0.6 is 0 Å². The van der Waals surface area contributed by atoms with Gasteiger partial charge in [0.2, 0.25) is 0 Å². The monoisotopic (exact) mass is 192 g/mol. The molecule has 1 aromatic rings. The smallest absolute Gasteiger partial charge is 0.122 e. The Hall–Kier alpha value is -1.09. The van der Waals surface area contributed by atoms with Crippen LogP contribution < -0.4 is 10.5 Å². The second kappa shape index (κ2) is 4.42. The molecule has 76 valence electrons. The molecule has 1 aliphatic carbocycles. The Morgan fingerprint density at radius 1 is 1.50 bits per heavy atom. The molecule has 0 atom stereocenters. The highest BCUT2D eigenvalue weighted by Gasteiger charge is 2.20. The van der Waals surface area contributed by atoms with Gasteiger partial charge in [0.1, 0.15) is 5.75 Å². The number of hydrogen-bond donors (Lipinski definition) is 1. The van der Waals surface area contributed by atoms with Gasteiger partial charge in [0.25, 0.3) is 0 Å². The number of aromatic nitrogens is 1. The SMILES string of the molecule is NCc1cc(OCCC2CC2)ccn1. The van der Waals surface area contributed by atoms with Crippen LogP contribution in [0, 0.1) is 5.92 Å². The average molecular weight is 192 g/mol. The largest absolute Gasteiger partial charge is 0.493 e. The first-order chi connectivity index (χ1) is 6.88. The summed E-state index contributed by atoms with van der Waals surface area (Å²) in [4.78, 5) is 4.11. The van der Waals surface area contributed by atoms with E-state index in [2.05, 4.69) is 4.98 Å². The Balaban J connectivity index is 1.81. The summed E-state index contributed by atoms with van der Waals surface area (Å²) in [6.45, 7) is 1.29. The first-order valence-electron chi connectivity index (χ1n) is 5.16. The van der Waals surface area contributed by atoms with Crippen molar-refractivity contribution in [2.24, 2.45) is 11.7 Å². The van der Waals surface area contributed by atoms with E-state index in [1.807, 2.05) is 12.1 Å². The summed E-state index contributed by atoms with van der Waals surface area (Å²) in [5.41, 5.74) is 6.37. The van der Waals surface area contributed by atoms with Crippen LogP contribution in [0.15, 0.2) is 18.3 Å². The molecule has 0 radical (unpaired) electrons. The lowest BCUT2D eigenvalue weighted by Gasteiger charge is -2.05. The van der Waals surface area contributed by atoms with Crippen LogP contribution in [-0.2, 0) is 6.54 Å². The minimum Gasteiger partial charge on any atom is -0.493 e. The molecule has 0 saturated heterocycles. The molecule has 14 heavy (non-hydrogen) atoms. The summed E-state index contributed by atoms with van der Waals surface area (Å²) in [6, 6.07) is 3.79. The molecular formula is C11H16N2O. The summed E-state index contributed by atoms with van der Waals surface area (Å²) < 4.78 is 5.60. The highest BCUT2D eigenvalue weighted by Crippen LogP contribution is 2.32. The van der Waals surface area contributed by atoms with Crippen molar-refractivity contribution in [3.05, 3.63) is 24.0 Å². The van der Waals surface area contributed by atoms with E-state index in [9.17, 15) is 0 Å². The van der Waals surface area contributed by atoms with Crippen molar-refractivity contribution in [1.82, 2.24) is 4.98 Å². The molecule has 2 N–H and O–H groups in total. The zero-order valence-electron chi connectivity index (χ0n) is 8.28. The zero-order valence-corrected chi connectivity index (χ0v) is 8.28. The van der Waals surface area contributed by atoms with Crippen molar-refractivity contribution in [2.45, 2.75) is 25.8 Å². The normalized spacial score (nSPS) is 15.5. The standard InChI is InChI=1S/C11H16N2O/c12-8-10-7-11(3-5-13-10)14-6-4-9-1-2-9/h3,5,7,9H,1-2,4,6,8,12H2. The van der Waals surface area contributed by atoms with Gasteiger partial charge in [-0.25, -0.2) is 0 Å². The van der Waals surface area contributed by atoms with Gasteiger partial charge in [-0.1, -0.05) is 12.8 Å². The Labute approximate surface area is 84.3 Å². The molecule has 1 heterocycles. The topological polar surface area (TPSA) is 48.1 Å². The summed E-state index contributed by atoms with van der Waals surface area (Å²) >= 11 is 0. The number of nitrogens with two attached hydrogens (primary N) is 1. The maximum Gasteiger partial charge on any atom is 0.122 e. The maximum absolute atomic E-state index is 5.60. The number of nitrogens with zero attached hydrogens (tertiary/aromatic N) is 1. The third-order valence-corrected chi connectivity index (χ3v) is 2.49. The van der Waals surface area contributed by atoms with E-state index >= 15 is 0 Å². The predicted octanol–water partition coefficient (Wildman–Crippen LogP) is 1.72. The molecule has 0 unspecified atom stereocenters. The highest BCUT2D eigenvalue weighted by molar-refractivity contribution is 5.22. The molecule has 0 aromatic carbocycles. The van der Waals surface area contributed by atoms with Crippen molar-refractivity contribution in [1.29, 1.82) is 0 Å². The highest BCUT2D eigenvalue weighted by atomic mass is 16.5. The van der Waals surface area contributed by atoms with Crippen molar-refractivity contribution in [3.8, 4) is 5.75 Å². The lowest BCUT2D eigenvalue weighted by atomic mass is 10.3. The Kier molecular flexibility index (Phi) is 2.99. The molecule has 1 saturated carbocycles.